The third-order valence-corrected chi connectivity index (χ3v) is 3.08. The van der Waals surface area contributed by atoms with Gasteiger partial charge in [-0.3, -0.25) is 0 Å². The summed E-state index contributed by atoms with van der Waals surface area (Å²) >= 11 is 0. The van der Waals surface area contributed by atoms with Crippen molar-refractivity contribution in [1.82, 2.24) is 4.98 Å². The average Bonchev–Trinajstić information content (AvgIpc) is 2.15. The van der Waals surface area contributed by atoms with Crippen LogP contribution in [-0.4, -0.2) is 15.7 Å². The van der Waals surface area contributed by atoms with Gasteiger partial charge in [-0.05, 0) is 30.5 Å². The van der Waals surface area contributed by atoms with Crippen molar-refractivity contribution in [2.45, 2.75) is 39.2 Å². The van der Waals surface area contributed by atoms with E-state index < -0.39 is 5.60 Å². The Morgan fingerprint density at radius 1 is 1.60 bits per heavy atom. The van der Waals surface area contributed by atoms with Gasteiger partial charge in [-0.2, -0.15) is 0 Å². The second-order valence-corrected chi connectivity index (χ2v) is 4.43. The Balaban J connectivity index is 2.77. The molecule has 2 atom stereocenters. The van der Waals surface area contributed by atoms with Crippen molar-refractivity contribution in [2.75, 3.05) is 5.73 Å². The fourth-order valence-corrected chi connectivity index (χ4v) is 1.63. The molecular formula is C12H20N2O. The molecular weight excluding hydrogens is 188 g/mol. The smallest absolute Gasteiger partial charge is 0.123 e. The summed E-state index contributed by atoms with van der Waals surface area (Å²) in [7, 11) is 0. The molecule has 0 radical (unpaired) electrons. The molecule has 1 rings (SSSR count). The molecule has 1 aromatic heterocycles. The third kappa shape index (κ3) is 3.20. The Labute approximate surface area is 91.3 Å². The highest BCUT2D eigenvalue weighted by Crippen LogP contribution is 2.24. The van der Waals surface area contributed by atoms with E-state index in [-0.39, 0.29) is 5.92 Å². The molecule has 0 aromatic carbocycles. The van der Waals surface area contributed by atoms with Gasteiger partial charge in [0.2, 0.25) is 0 Å². The van der Waals surface area contributed by atoms with E-state index in [4.69, 9.17) is 5.73 Å². The number of nitrogens with zero attached hydrogens (tertiary/aromatic N) is 1. The molecule has 0 bridgehead atoms. The van der Waals surface area contributed by atoms with Crippen LogP contribution in [0.2, 0.25) is 0 Å². The van der Waals surface area contributed by atoms with Crippen molar-refractivity contribution < 1.29 is 5.11 Å². The predicted octanol–water partition coefficient (Wildman–Crippen LogP) is 2.00. The minimum Gasteiger partial charge on any atom is -0.390 e. The maximum absolute atomic E-state index is 10.3. The standard InChI is InChI=1S/C12H20N2O/c1-4-9(2)12(3,15)8-10-5-6-14-11(13)7-10/h5-7,9,15H,4,8H2,1-3H3,(H2,13,14). The number of nitrogen functional groups attached to an aromatic ring is 1. The minimum absolute atomic E-state index is 0.270. The normalized spacial score (nSPS) is 17.1. The van der Waals surface area contributed by atoms with Crippen LogP contribution in [0.25, 0.3) is 0 Å². The number of nitrogens with two attached hydrogens (primary N) is 1. The maximum atomic E-state index is 10.3. The molecule has 84 valence electrons. The number of aliphatic hydroxyl groups is 1. The average molecular weight is 208 g/mol. The van der Waals surface area contributed by atoms with Gasteiger partial charge in [0.1, 0.15) is 5.82 Å². The topological polar surface area (TPSA) is 59.1 Å². The first kappa shape index (κ1) is 12.0. The van der Waals surface area contributed by atoms with Crippen molar-refractivity contribution in [2.24, 2.45) is 5.92 Å². The first-order chi connectivity index (χ1) is 6.95. The molecule has 0 aliphatic rings. The zero-order valence-electron chi connectivity index (χ0n) is 9.70. The van der Waals surface area contributed by atoms with E-state index in [9.17, 15) is 5.11 Å². The van der Waals surface area contributed by atoms with E-state index in [1.54, 1.807) is 6.20 Å². The monoisotopic (exact) mass is 208 g/mol. The van der Waals surface area contributed by atoms with Gasteiger partial charge < -0.3 is 10.8 Å². The highest BCUT2D eigenvalue weighted by molar-refractivity contribution is 5.32. The summed E-state index contributed by atoms with van der Waals surface area (Å²) in [5, 5.41) is 10.3. The fraction of sp³-hybridized carbons (Fsp3) is 0.583. The Hall–Kier alpha value is -1.09. The van der Waals surface area contributed by atoms with Gasteiger partial charge >= 0.3 is 0 Å². The minimum atomic E-state index is -0.678. The van der Waals surface area contributed by atoms with Crippen LogP contribution in [0.4, 0.5) is 5.82 Å². The van der Waals surface area contributed by atoms with Gasteiger partial charge in [0.05, 0.1) is 5.60 Å². The second kappa shape index (κ2) is 4.62. The molecule has 3 N–H and O–H groups in total. The summed E-state index contributed by atoms with van der Waals surface area (Å²) in [6.45, 7) is 6.02. The lowest BCUT2D eigenvalue weighted by Crippen LogP contribution is -2.34. The van der Waals surface area contributed by atoms with Gasteiger partial charge in [0, 0.05) is 12.6 Å². The van der Waals surface area contributed by atoms with Gasteiger partial charge in [-0.1, -0.05) is 20.3 Å². The van der Waals surface area contributed by atoms with Crippen molar-refractivity contribution in [3.63, 3.8) is 0 Å². The highest BCUT2D eigenvalue weighted by atomic mass is 16.3. The van der Waals surface area contributed by atoms with Gasteiger partial charge in [-0.15, -0.1) is 0 Å². The molecule has 0 spiro atoms. The molecule has 1 aromatic rings. The molecule has 1 heterocycles. The Morgan fingerprint density at radius 2 is 2.27 bits per heavy atom. The summed E-state index contributed by atoms with van der Waals surface area (Å²) in [6, 6.07) is 3.71. The number of anilines is 1. The summed E-state index contributed by atoms with van der Waals surface area (Å²) in [5.74, 6) is 0.777. The van der Waals surface area contributed by atoms with Gasteiger partial charge in [-0.25, -0.2) is 4.98 Å². The van der Waals surface area contributed by atoms with Crippen molar-refractivity contribution in [1.29, 1.82) is 0 Å². The lowest BCUT2D eigenvalue weighted by molar-refractivity contribution is 0.00517. The van der Waals surface area contributed by atoms with Crippen LogP contribution in [0.5, 0.6) is 0 Å². The Morgan fingerprint density at radius 3 is 2.80 bits per heavy atom. The third-order valence-electron chi connectivity index (χ3n) is 3.08. The Kier molecular flexibility index (Phi) is 3.69. The van der Waals surface area contributed by atoms with Crippen LogP contribution in [0.15, 0.2) is 18.3 Å². The number of aromatic nitrogens is 1. The molecule has 3 nitrogen and oxygen atoms in total. The lowest BCUT2D eigenvalue weighted by Gasteiger charge is -2.29. The Bertz CT molecular complexity index is 323. The molecule has 0 saturated heterocycles. The highest BCUT2D eigenvalue weighted by Gasteiger charge is 2.27. The zero-order chi connectivity index (χ0) is 11.5. The quantitative estimate of drug-likeness (QED) is 0.795. The second-order valence-electron chi connectivity index (χ2n) is 4.43. The predicted molar refractivity (Wildman–Crippen MR) is 62.4 cm³/mol. The molecule has 0 saturated carbocycles. The van der Waals surface area contributed by atoms with Crippen LogP contribution in [0.1, 0.15) is 32.8 Å². The summed E-state index contributed by atoms with van der Waals surface area (Å²) < 4.78 is 0. The van der Waals surface area contributed by atoms with E-state index >= 15 is 0 Å². The molecule has 3 heteroatoms. The first-order valence-electron chi connectivity index (χ1n) is 5.38. The van der Waals surface area contributed by atoms with E-state index in [1.807, 2.05) is 19.1 Å². The van der Waals surface area contributed by atoms with Crippen molar-refractivity contribution in [3.05, 3.63) is 23.9 Å². The molecule has 0 amide bonds. The van der Waals surface area contributed by atoms with E-state index in [0.717, 1.165) is 12.0 Å². The van der Waals surface area contributed by atoms with Crippen molar-refractivity contribution in [3.8, 4) is 0 Å². The summed E-state index contributed by atoms with van der Waals surface area (Å²) in [4.78, 5) is 3.93. The molecule has 0 aliphatic heterocycles. The number of hydrogen-bond donors (Lipinski definition) is 2. The van der Waals surface area contributed by atoms with Crippen LogP contribution in [-0.2, 0) is 6.42 Å². The van der Waals surface area contributed by atoms with Crippen LogP contribution < -0.4 is 5.73 Å². The van der Waals surface area contributed by atoms with E-state index in [0.29, 0.717) is 12.2 Å². The maximum Gasteiger partial charge on any atom is 0.123 e. The molecule has 0 fully saturated rings. The van der Waals surface area contributed by atoms with Crippen LogP contribution in [0.3, 0.4) is 0 Å². The van der Waals surface area contributed by atoms with Crippen LogP contribution >= 0.6 is 0 Å². The van der Waals surface area contributed by atoms with Crippen LogP contribution in [0, 0.1) is 5.92 Å². The van der Waals surface area contributed by atoms with E-state index in [1.165, 1.54) is 0 Å². The van der Waals surface area contributed by atoms with E-state index in [2.05, 4.69) is 18.8 Å². The number of rotatable bonds is 4. The van der Waals surface area contributed by atoms with Gasteiger partial charge in [0.25, 0.3) is 0 Å². The fourth-order valence-electron chi connectivity index (χ4n) is 1.63. The van der Waals surface area contributed by atoms with Gasteiger partial charge in [0.15, 0.2) is 0 Å². The summed E-state index contributed by atoms with van der Waals surface area (Å²) in [6.07, 6.45) is 3.26. The number of pyridine rings is 1. The summed E-state index contributed by atoms with van der Waals surface area (Å²) in [5.41, 5.74) is 5.95. The largest absolute Gasteiger partial charge is 0.390 e. The lowest BCUT2D eigenvalue weighted by atomic mass is 9.83. The SMILES string of the molecule is CCC(C)C(C)(O)Cc1ccnc(N)c1. The molecule has 2 unspecified atom stereocenters. The number of hydrogen-bond acceptors (Lipinski definition) is 3. The first-order valence-corrected chi connectivity index (χ1v) is 5.38. The molecule has 15 heavy (non-hydrogen) atoms. The van der Waals surface area contributed by atoms with Crippen molar-refractivity contribution >= 4 is 5.82 Å². The molecule has 0 aliphatic carbocycles. The zero-order valence-corrected chi connectivity index (χ0v) is 9.70.